The zero-order valence-corrected chi connectivity index (χ0v) is 11.0. The lowest BCUT2D eigenvalue weighted by molar-refractivity contribution is -0.118. The standard InChI is InChI=1S/C14H19FN2O2/c1-14(19)6-8-17(9-7-14)10-13(18)16-12-5-3-2-4-11(12)15/h2-5,19H,6-10H2,1H3,(H,16,18). The molecule has 4 nitrogen and oxygen atoms in total. The fourth-order valence-electron chi connectivity index (χ4n) is 2.15. The van der Waals surface area contributed by atoms with E-state index < -0.39 is 11.4 Å². The highest BCUT2D eigenvalue weighted by Gasteiger charge is 2.28. The monoisotopic (exact) mass is 266 g/mol. The summed E-state index contributed by atoms with van der Waals surface area (Å²) in [5.74, 6) is -0.663. The molecule has 0 spiro atoms. The number of hydrogen-bond donors (Lipinski definition) is 2. The smallest absolute Gasteiger partial charge is 0.238 e. The molecule has 0 bridgehead atoms. The van der Waals surface area contributed by atoms with Crippen molar-refractivity contribution in [3.8, 4) is 0 Å². The van der Waals surface area contributed by atoms with Crippen LogP contribution < -0.4 is 5.32 Å². The van der Waals surface area contributed by atoms with E-state index in [1.807, 2.05) is 11.8 Å². The minimum absolute atomic E-state index is 0.205. The van der Waals surface area contributed by atoms with E-state index in [1.165, 1.54) is 12.1 Å². The summed E-state index contributed by atoms with van der Waals surface area (Å²) in [6, 6.07) is 6.11. The number of para-hydroxylation sites is 1. The molecule has 0 radical (unpaired) electrons. The molecule has 1 fully saturated rings. The number of halogens is 1. The summed E-state index contributed by atoms with van der Waals surface area (Å²) in [7, 11) is 0. The minimum atomic E-state index is -0.626. The Balaban J connectivity index is 1.84. The van der Waals surface area contributed by atoms with Crippen molar-refractivity contribution in [2.75, 3.05) is 25.0 Å². The van der Waals surface area contributed by atoms with Gasteiger partial charge in [-0.25, -0.2) is 4.39 Å². The molecule has 2 N–H and O–H groups in total. The van der Waals surface area contributed by atoms with Crippen LogP contribution in [0.2, 0.25) is 0 Å². The Bertz CT molecular complexity index is 453. The van der Waals surface area contributed by atoms with Gasteiger partial charge in [0.1, 0.15) is 5.82 Å². The predicted octanol–water partition coefficient (Wildman–Crippen LogP) is 1.61. The van der Waals surface area contributed by atoms with Gasteiger partial charge in [0.15, 0.2) is 0 Å². The van der Waals surface area contributed by atoms with Crippen molar-refractivity contribution in [1.82, 2.24) is 4.90 Å². The average molecular weight is 266 g/mol. The van der Waals surface area contributed by atoms with Gasteiger partial charge < -0.3 is 10.4 Å². The molecular formula is C14H19FN2O2. The first-order chi connectivity index (χ1) is 8.96. The molecule has 19 heavy (non-hydrogen) atoms. The quantitative estimate of drug-likeness (QED) is 0.874. The number of nitrogens with one attached hydrogen (secondary N) is 1. The molecule has 1 saturated heterocycles. The number of nitrogens with zero attached hydrogens (tertiary/aromatic N) is 1. The van der Waals surface area contributed by atoms with Crippen molar-refractivity contribution < 1.29 is 14.3 Å². The molecule has 1 aromatic rings. The maximum atomic E-state index is 13.4. The molecule has 1 aliphatic rings. The van der Waals surface area contributed by atoms with Crippen LogP contribution in [0.1, 0.15) is 19.8 Å². The Labute approximate surface area is 112 Å². The van der Waals surface area contributed by atoms with Crippen molar-refractivity contribution >= 4 is 11.6 Å². The third-order valence-corrected chi connectivity index (χ3v) is 3.45. The van der Waals surface area contributed by atoms with Crippen LogP contribution in [0.25, 0.3) is 0 Å². The fourth-order valence-corrected chi connectivity index (χ4v) is 2.15. The average Bonchev–Trinajstić information content (AvgIpc) is 2.35. The molecule has 1 aromatic carbocycles. The van der Waals surface area contributed by atoms with Gasteiger partial charge in [0.25, 0.3) is 0 Å². The highest BCUT2D eigenvalue weighted by molar-refractivity contribution is 5.92. The third kappa shape index (κ3) is 4.01. The zero-order valence-electron chi connectivity index (χ0n) is 11.0. The zero-order chi connectivity index (χ0) is 13.9. The Kier molecular flexibility index (Phi) is 4.17. The summed E-state index contributed by atoms with van der Waals surface area (Å²) in [6.07, 6.45) is 1.31. The Morgan fingerprint density at radius 3 is 2.68 bits per heavy atom. The van der Waals surface area contributed by atoms with E-state index in [2.05, 4.69) is 5.32 Å². The topological polar surface area (TPSA) is 52.6 Å². The summed E-state index contributed by atoms with van der Waals surface area (Å²) in [4.78, 5) is 13.8. The molecule has 1 aliphatic heterocycles. The van der Waals surface area contributed by atoms with Gasteiger partial charge in [-0.3, -0.25) is 9.69 Å². The molecule has 0 aromatic heterocycles. The second-order valence-corrected chi connectivity index (χ2v) is 5.30. The third-order valence-electron chi connectivity index (χ3n) is 3.45. The van der Waals surface area contributed by atoms with Gasteiger partial charge in [0, 0.05) is 13.1 Å². The van der Waals surface area contributed by atoms with E-state index in [0.29, 0.717) is 25.9 Å². The van der Waals surface area contributed by atoms with E-state index >= 15 is 0 Å². The van der Waals surface area contributed by atoms with Crippen LogP contribution in [0.3, 0.4) is 0 Å². The highest BCUT2D eigenvalue weighted by atomic mass is 19.1. The van der Waals surface area contributed by atoms with Crippen molar-refractivity contribution in [3.63, 3.8) is 0 Å². The molecule has 0 unspecified atom stereocenters. The number of benzene rings is 1. The molecule has 1 amide bonds. The highest BCUT2D eigenvalue weighted by Crippen LogP contribution is 2.21. The van der Waals surface area contributed by atoms with Gasteiger partial charge in [-0.05, 0) is 31.9 Å². The Hall–Kier alpha value is -1.46. The van der Waals surface area contributed by atoms with Gasteiger partial charge in [-0.1, -0.05) is 12.1 Å². The molecule has 0 saturated carbocycles. The van der Waals surface area contributed by atoms with E-state index in [4.69, 9.17) is 0 Å². The Morgan fingerprint density at radius 2 is 2.05 bits per heavy atom. The van der Waals surface area contributed by atoms with Crippen molar-refractivity contribution in [2.24, 2.45) is 0 Å². The van der Waals surface area contributed by atoms with Gasteiger partial charge in [-0.15, -0.1) is 0 Å². The summed E-state index contributed by atoms with van der Waals surface area (Å²) in [5.41, 5.74) is -0.421. The summed E-state index contributed by atoms with van der Waals surface area (Å²) < 4.78 is 13.4. The summed E-state index contributed by atoms with van der Waals surface area (Å²) in [5, 5.41) is 12.4. The van der Waals surface area contributed by atoms with E-state index in [-0.39, 0.29) is 18.1 Å². The summed E-state index contributed by atoms with van der Waals surface area (Å²) >= 11 is 0. The first-order valence-corrected chi connectivity index (χ1v) is 6.45. The number of carbonyl (C=O) groups is 1. The number of aliphatic hydroxyl groups is 1. The molecule has 5 heteroatoms. The van der Waals surface area contributed by atoms with Crippen LogP contribution in [0, 0.1) is 5.82 Å². The van der Waals surface area contributed by atoms with E-state index in [0.717, 1.165) is 0 Å². The first kappa shape index (κ1) is 14.0. The second kappa shape index (κ2) is 5.67. The number of hydrogen-bond acceptors (Lipinski definition) is 3. The second-order valence-electron chi connectivity index (χ2n) is 5.30. The Morgan fingerprint density at radius 1 is 1.42 bits per heavy atom. The maximum Gasteiger partial charge on any atom is 0.238 e. The fraction of sp³-hybridized carbons (Fsp3) is 0.500. The molecular weight excluding hydrogens is 247 g/mol. The molecule has 104 valence electrons. The number of anilines is 1. The number of likely N-dealkylation sites (tertiary alicyclic amines) is 1. The van der Waals surface area contributed by atoms with Crippen molar-refractivity contribution in [2.45, 2.75) is 25.4 Å². The summed E-state index contributed by atoms with van der Waals surface area (Å²) in [6.45, 7) is 3.39. The number of amides is 1. The number of piperidine rings is 1. The minimum Gasteiger partial charge on any atom is -0.390 e. The number of rotatable bonds is 3. The maximum absolute atomic E-state index is 13.4. The molecule has 2 rings (SSSR count). The van der Waals surface area contributed by atoms with Crippen molar-refractivity contribution in [3.05, 3.63) is 30.1 Å². The van der Waals surface area contributed by atoms with Gasteiger partial charge in [0.05, 0.1) is 17.8 Å². The lowest BCUT2D eigenvalue weighted by Crippen LogP contribution is -2.45. The lowest BCUT2D eigenvalue weighted by Gasteiger charge is -2.35. The molecule has 0 atom stereocenters. The van der Waals surface area contributed by atoms with E-state index in [9.17, 15) is 14.3 Å². The molecule has 0 aliphatic carbocycles. The van der Waals surface area contributed by atoms with Crippen LogP contribution >= 0.6 is 0 Å². The van der Waals surface area contributed by atoms with Crippen LogP contribution in [0.4, 0.5) is 10.1 Å². The van der Waals surface area contributed by atoms with Crippen LogP contribution in [0.5, 0.6) is 0 Å². The first-order valence-electron chi connectivity index (χ1n) is 6.45. The largest absolute Gasteiger partial charge is 0.390 e. The normalized spacial score (nSPS) is 19.1. The van der Waals surface area contributed by atoms with Gasteiger partial charge in [0.2, 0.25) is 5.91 Å². The van der Waals surface area contributed by atoms with Crippen molar-refractivity contribution in [1.29, 1.82) is 0 Å². The SMILES string of the molecule is CC1(O)CCN(CC(=O)Nc2ccccc2F)CC1. The van der Waals surface area contributed by atoms with Crippen LogP contribution in [-0.4, -0.2) is 41.1 Å². The van der Waals surface area contributed by atoms with Gasteiger partial charge >= 0.3 is 0 Å². The van der Waals surface area contributed by atoms with Crippen LogP contribution in [-0.2, 0) is 4.79 Å². The molecule has 1 heterocycles. The van der Waals surface area contributed by atoms with Crippen LogP contribution in [0.15, 0.2) is 24.3 Å². The predicted molar refractivity (Wildman–Crippen MR) is 71.3 cm³/mol. The van der Waals surface area contributed by atoms with Gasteiger partial charge in [-0.2, -0.15) is 0 Å². The lowest BCUT2D eigenvalue weighted by atomic mass is 9.94. The van der Waals surface area contributed by atoms with E-state index in [1.54, 1.807) is 12.1 Å². The number of carbonyl (C=O) groups excluding carboxylic acids is 1.